The van der Waals surface area contributed by atoms with Crippen LogP contribution in [0.1, 0.15) is 27.5 Å². The summed E-state index contributed by atoms with van der Waals surface area (Å²) in [6, 6.07) is 28.7. The Morgan fingerprint density at radius 3 is 2.15 bits per heavy atom. The van der Waals surface area contributed by atoms with Gasteiger partial charge in [0.25, 0.3) is 5.91 Å². The van der Waals surface area contributed by atoms with Crippen LogP contribution in [-0.2, 0) is 11.0 Å². The molecule has 2 N–H and O–H groups in total. The van der Waals surface area contributed by atoms with E-state index in [0.29, 0.717) is 42.0 Å². The Balaban J connectivity index is 1.30. The Morgan fingerprint density at radius 1 is 0.829 bits per heavy atom. The summed E-state index contributed by atoms with van der Waals surface area (Å²) in [4.78, 5) is 28.8. The zero-order valence-corrected chi connectivity index (χ0v) is 22.0. The highest BCUT2D eigenvalue weighted by Crippen LogP contribution is 2.33. The lowest BCUT2D eigenvalue weighted by Gasteiger charge is -2.42. The van der Waals surface area contributed by atoms with Crippen LogP contribution < -0.4 is 10.2 Å². The molecule has 1 amide bonds. The van der Waals surface area contributed by atoms with Gasteiger partial charge in [-0.05, 0) is 59.2 Å². The number of benzene rings is 4. The molecule has 0 radical (unpaired) electrons. The van der Waals surface area contributed by atoms with E-state index in [9.17, 15) is 27.9 Å². The van der Waals surface area contributed by atoms with Gasteiger partial charge in [0.1, 0.15) is 0 Å². The molecule has 1 saturated heterocycles. The van der Waals surface area contributed by atoms with Crippen LogP contribution in [0.15, 0.2) is 103 Å². The molecule has 0 aliphatic carbocycles. The monoisotopic (exact) mass is 559 g/mol. The van der Waals surface area contributed by atoms with Crippen LogP contribution in [0.2, 0.25) is 0 Å². The standard InChI is InChI=1S/C32H28F3N3O3/c33-32(34,35)24-12-10-22(11-13-24)27-8-4-5-9-28(27)31(41)36-25-14-16-26(17-15-25)37-18-19-38(21-30(39)40)29(20-37)23-6-2-1-3-7-23/h1-17,29H,18-21H2,(H,36,41)(H,39,40). The predicted octanol–water partition coefficient (Wildman–Crippen LogP) is 6.57. The SMILES string of the molecule is O=C(O)CN1CCN(c2ccc(NC(=O)c3ccccc3-c3ccc(C(F)(F)F)cc3)cc2)CC1c1ccccc1. The van der Waals surface area contributed by atoms with Gasteiger partial charge < -0.3 is 15.3 Å². The third-order valence-electron chi connectivity index (χ3n) is 7.20. The van der Waals surface area contributed by atoms with Gasteiger partial charge in [-0.2, -0.15) is 13.2 Å². The van der Waals surface area contributed by atoms with Crippen LogP contribution in [0.5, 0.6) is 0 Å². The van der Waals surface area contributed by atoms with Crippen LogP contribution in [-0.4, -0.2) is 48.1 Å². The van der Waals surface area contributed by atoms with Crippen molar-refractivity contribution >= 4 is 23.3 Å². The van der Waals surface area contributed by atoms with Crippen molar-refractivity contribution in [3.05, 3.63) is 120 Å². The summed E-state index contributed by atoms with van der Waals surface area (Å²) in [5, 5.41) is 12.3. The maximum absolute atomic E-state index is 13.2. The largest absolute Gasteiger partial charge is 0.480 e. The Labute approximate surface area is 235 Å². The normalized spacial score (nSPS) is 15.9. The highest BCUT2D eigenvalue weighted by molar-refractivity contribution is 6.08. The summed E-state index contributed by atoms with van der Waals surface area (Å²) in [5.41, 5.74) is 3.21. The Kier molecular flexibility index (Phi) is 8.07. The van der Waals surface area contributed by atoms with Crippen molar-refractivity contribution in [1.82, 2.24) is 4.90 Å². The number of rotatable bonds is 7. The molecule has 0 spiro atoms. The zero-order valence-electron chi connectivity index (χ0n) is 22.0. The first-order chi connectivity index (χ1) is 19.7. The van der Waals surface area contributed by atoms with Crippen molar-refractivity contribution in [3.8, 4) is 11.1 Å². The van der Waals surface area contributed by atoms with Crippen molar-refractivity contribution in [2.24, 2.45) is 0 Å². The molecule has 1 atom stereocenters. The number of nitrogens with zero attached hydrogens (tertiary/aromatic N) is 2. The van der Waals surface area contributed by atoms with Gasteiger partial charge in [-0.15, -0.1) is 0 Å². The number of amides is 1. The summed E-state index contributed by atoms with van der Waals surface area (Å²) >= 11 is 0. The molecule has 41 heavy (non-hydrogen) atoms. The fraction of sp³-hybridized carbons (Fsp3) is 0.188. The molecule has 1 heterocycles. The van der Waals surface area contributed by atoms with Gasteiger partial charge in [0.05, 0.1) is 18.2 Å². The highest BCUT2D eigenvalue weighted by atomic mass is 19.4. The quantitative estimate of drug-likeness (QED) is 0.268. The first-order valence-corrected chi connectivity index (χ1v) is 13.1. The van der Waals surface area contributed by atoms with Gasteiger partial charge in [-0.3, -0.25) is 14.5 Å². The van der Waals surface area contributed by atoms with E-state index in [2.05, 4.69) is 10.2 Å². The summed E-state index contributed by atoms with van der Waals surface area (Å²) < 4.78 is 39.0. The second-order valence-electron chi connectivity index (χ2n) is 9.86. The number of alkyl halides is 3. The van der Waals surface area contributed by atoms with Crippen LogP contribution in [0, 0.1) is 0 Å². The first kappa shape index (κ1) is 27.9. The molecular formula is C32H28F3N3O3. The molecule has 6 nitrogen and oxygen atoms in total. The molecule has 210 valence electrons. The van der Waals surface area contributed by atoms with Gasteiger partial charge in [0.2, 0.25) is 0 Å². The Morgan fingerprint density at radius 2 is 1.49 bits per heavy atom. The topological polar surface area (TPSA) is 72.9 Å². The molecule has 4 aromatic rings. The Bertz CT molecular complexity index is 1510. The maximum atomic E-state index is 13.2. The molecule has 0 aromatic heterocycles. The van der Waals surface area contributed by atoms with Gasteiger partial charge in [0.15, 0.2) is 0 Å². The maximum Gasteiger partial charge on any atom is 0.416 e. The van der Waals surface area contributed by atoms with E-state index in [1.165, 1.54) is 12.1 Å². The molecule has 1 unspecified atom stereocenters. The van der Waals surface area contributed by atoms with E-state index in [1.807, 2.05) is 47.4 Å². The minimum absolute atomic E-state index is 0.0354. The van der Waals surface area contributed by atoms with Crippen molar-refractivity contribution in [3.63, 3.8) is 0 Å². The Hall–Kier alpha value is -4.63. The number of anilines is 2. The number of piperazine rings is 1. The van der Waals surface area contributed by atoms with Crippen molar-refractivity contribution in [2.45, 2.75) is 12.2 Å². The lowest BCUT2D eigenvalue weighted by atomic mass is 9.98. The van der Waals surface area contributed by atoms with E-state index in [4.69, 9.17) is 0 Å². The molecule has 0 saturated carbocycles. The summed E-state index contributed by atoms with van der Waals surface area (Å²) in [6.45, 7) is 1.82. The van der Waals surface area contributed by atoms with Crippen LogP contribution >= 0.6 is 0 Å². The summed E-state index contributed by atoms with van der Waals surface area (Å²) in [6.07, 6.45) is -4.43. The second kappa shape index (κ2) is 11.9. The van der Waals surface area contributed by atoms with Crippen LogP contribution in [0.25, 0.3) is 11.1 Å². The molecule has 0 bridgehead atoms. The number of hydrogen-bond donors (Lipinski definition) is 2. The number of hydrogen-bond acceptors (Lipinski definition) is 4. The van der Waals surface area contributed by atoms with Crippen LogP contribution in [0.3, 0.4) is 0 Å². The van der Waals surface area contributed by atoms with Crippen molar-refractivity contribution in [2.75, 3.05) is 36.4 Å². The summed E-state index contributed by atoms with van der Waals surface area (Å²) in [5.74, 6) is -1.24. The predicted molar refractivity (Wildman–Crippen MR) is 152 cm³/mol. The van der Waals surface area contributed by atoms with Crippen molar-refractivity contribution in [1.29, 1.82) is 0 Å². The molecular weight excluding hydrogens is 531 g/mol. The average Bonchev–Trinajstić information content (AvgIpc) is 2.97. The fourth-order valence-corrected chi connectivity index (χ4v) is 5.14. The van der Waals surface area contributed by atoms with Gasteiger partial charge in [-0.1, -0.05) is 60.7 Å². The lowest BCUT2D eigenvalue weighted by Crippen LogP contribution is -2.50. The molecule has 1 aliphatic rings. The number of carboxylic acids is 1. The average molecular weight is 560 g/mol. The fourth-order valence-electron chi connectivity index (χ4n) is 5.14. The van der Waals surface area contributed by atoms with Gasteiger partial charge in [0, 0.05) is 36.6 Å². The van der Waals surface area contributed by atoms with Gasteiger partial charge >= 0.3 is 12.1 Å². The minimum Gasteiger partial charge on any atom is -0.480 e. The minimum atomic E-state index is -4.43. The molecule has 9 heteroatoms. The lowest BCUT2D eigenvalue weighted by molar-refractivity contribution is -0.139. The second-order valence-corrected chi connectivity index (χ2v) is 9.86. The third kappa shape index (κ3) is 6.58. The third-order valence-corrected chi connectivity index (χ3v) is 7.20. The first-order valence-electron chi connectivity index (χ1n) is 13.1. The molecule has 1 aliphatic heterocycles. The van der Waals surface area contributed by atoms with E-state index in [0.717, 1.165) is 23.4 Å². The number of halogens is 3. The number of carboxylic acid groups (broad SMARTS) is 1. The number of nitrogens with one attached hydrogen (secondary N) is 1. The molecule has 4 aromatic carbocycles. The van der Waals surface area contributed by atoms with E-state index in [1.54, 1.807) is 36.4 Å². The van der Waals surface area contributed by atoms with Gasteiger partial charge in [-0.25, -0.2) is 0 Å². The summed E-state index contributed by atoms with van der Waals surface area (Å²) in [7, 11) is 0. The smallest absolute Gasteiger partial charge is 0.416 e. The highest BCUT2D eigenvalue weighted by Gasteiger charge is 2.31. The van der Waals surface area contributed by atoms with E-state index in [-0.39, 0.29) is 18.5 Å². The number of aliphatic carboxylic acids is 1. The molecule has 5 rings (SSSR count). The van der Waals surface area contributed by atoms with E-state index < -0.39 is 17.7 Å². The number of carbonyl (C=O) groups excluding carboxylic acids is 1. The van der Waals surface area contributed by atoms with Crippen LogP contribution in [0.4, 0.5) is 24.5 Å². The zero-order chi connectivity index (χ0) is 29.0. The number of carbonyl (C=O) groups is 2. The van der Waals surface area contributed by atoms with E-state index >= 15 is 0 Å². The molecule has 1 fully saturated rings. The van der Waals surface area contributed by atoms with Crippen molar-refractivity contribution < 1.29 is 27.9 Å².